The Balaban J connectivity index is 1.81. The molecule has 4 rings (SSSR count). The molecule has 1 aromatic carbocycles. The highest BCUT2D eigenvalue weighted by Crippen LogP contribution is 2.31. The van der Waals surface area contributed by atoms with Crippen molar-refractivity contribution < 1.29 is 27.1 Å². The van der Waals surface area contributed by atoms with Crippen LogP contribution in [0.1, 0.15) is 47.2 Å². The highest BCUT2D eigenvalue weighted by Gasteiger charge is 2.39. The number of ether oxygens (including phenoxy) is 1. The van der Waals surface area contributed by atoms with E-state index in [4.69, 9.17) is 4.74 Å². The molecular weight excluding hydrogens is 470 g/mol. The second-order valence-corrected chi connectivity index (χ2v) is 8.36. The first-order chi connectivity index (χ1) is 16.5. The van der Waals surface area contributed by atoms with Gasteiger partial charge in [0.2, 0.25) is 0 Å². The number of fused-ring (bicyclic) bond motifs is 1. The molecule has 0 radical (unpaired) electrons. The molecule has 1 aliphatic rings. The van der Waals surface area contributed by atoms with E-state index in [-0.39, 0.29) is 0 Å². The number of carbonyl (C=O) groups excluding carboxylic acids is 1. The smallest absolute Gasteiger partial charge is 0.425 e. The highest BCUT2D eigenvalue weighted by molar-refractivity contribution is 6.07. The molecule has 0 unspecified atom stereocenters. The fourth-order valence-corrected chi connectivity index (χ4v) is 3.86. The number of aryl methyl sites for hydroxylation is 3. The van der Waals surface area contributed by atoms with Gasteiger partial charge in [-0.2, -0.15) is 17.9 Å². The summed E-state index contributed by atoms with van der Waals surface area (Å²) in [5.41, 5.74) is -0.0310. The number of nitrogens with zero attached hydrogens (tertiary/aromatic N) is 4. The standard InChI is InChI=1S/C23H23F4N5O3/c1-12-7-8-28-13(2)20(12)29-21(33)15-10-16(24)17(11-18(15)35-14(3)23(25,26)27)32-22(34)31-9-5-4-6-19(31)30-32/h7-8,10-11,14H,4-6,9H2,1-3H3,(H,29,33)/t14-/m0/s1. The van der Waals surface area contributed by atoms with Crippen molar-refractivity contribution in [1.82, 2.24) is 19.3 Å². The van der Waals surface area contributed by atoms with E-state index in [1.807, 2.05) is 0 Å². The van der Waals surface area contributed by atoms with Crippen molar-refractivity contribution in [3.63, 3.8) is 0 Å². The van der Waals surface area contributed by atoms with Crippen molar-refractivity contribution >= 4 is 11.6 Å². The summed E-state index contributed by atoms with van der Waals surface area (Å²) in [6.45, 7) is 4.53. The van der Waals surface area contributed by atoms with Gasteiger partial charge in [0, 0.05) is 25.2 Å². The highest BCUT2D eigenvalue weighted by atomic mass is 19.4. The zero-order valence-electron chi connectivity index (χ0n) is 19.2. The lowest BCUT2D eigenvalue weighted by Gasteiger charge is -2.21. The number of nitrogens with one attached hydrogen (secondary N) is 1. The molecule has 35 heavy (non-hydrogen) atoms. The molecule has 12 heteroatoms. The van der Waals surface area contributed by atoms with E-state index in [0.717, 1.165) is 36.6 Å². The Kier molecular flexibility index (Phi) is 6.39. The van der Waals surface area contributed by atoms with Crippen molar-refractivity contribution in [3.8, 4) is 11.4 Å². The van der Waals surface area contributed by atoms with Crippen LogP contribution in [0, 0.1) is 19.7 Å². The quantitative estimate of drug-likeness (QED) is 0.541. The largest absolute Gasteiger partial charge is 0.480 e. The maximum absolute atomic E-state index is 15.2. The van der Waals surface area contributed by atoms with Gasteiger partial charge in [0.1, 0.15) is 23.1 Å². The third kappa shape index (κ3) is 4.77. The fourth-order valence-electron chi connectivity index (χ4n) is 3.86. The van der Waals surface area contributed by atoms with Crippen LogP contribution >= 0.6 is 0 Å². The lowest BCUT2D eigenvalue weighted by Crippen LogP contribution is -2.32. The van der Waals surface area contributed by atoms with E-state index in [1.54, 1.807) is 19.9 Å². The van der Waals surface area contributed by atoms with E-state index in [9.17, 15) is 22.8 Å². The Morgan fingerprint density at radius 3 is 2.63 bits per heavy atom. The molecule has 1 amide bonds. The molecule has 0 saturated carbocycles. The molecule has 0 bridgehead atoms. The number of benzene rings is 1. The first kappa shape index (κ1) is 24.4. The summed E-state index contributed by atoms with van der Waals surface area (Å²) in [7, 11) is 0. The van der Waals surface area contributed by atoms with E-state index in [2.05, 4.69) is 15.4 Å². The number of rotatable bonds is 5. The van der Waals surface area contributed by atoms with Crippen LogP contribution in [0.3, 0.4) is 0 Å². The van der Waals surface area contributed by atoms with Gasteiger partial charge in [-0.1, -0.05) is 0 Å². The predicted molar refractivity (Wildman–Crippen MR) is 119 cm³/mol. The van der Waals surface area contributed by atoms with Crippen LogP contribution in [0.25, 0.3) is 5.69 Å². The Hall–Kier alpha value is -3.70. The Morgan fingerprint density at radius 1 is 1.23 bits per heavy atom. The summed E-state index contributed by atoms with van der Waals surface area (Å²) in [5.74, 6) is -1.99. The molecule has 0 saturated heterocycles. The molecule has 3 aromatic rings. The van der Waals surface area contributed by atoms with Gasteiger partial charge in [0.05, 0.1) is 16.9 Å². The number of hydrogen-bond acceptors (Lipinski definition) is 5. The lowest BCUT2D eigenvalue weighted by atomic mass is 10.1. The second-order valence-electron chi connectivity index (χ2n) is 8.36. The van der Waals surface area contributed by atoms with Crippen LogP contribution < -0.4 is 15.7 Å². The zero-order chi connectivity index (χ0) is 25.5. The molecule has 2 aromatic heterocycles. The van der Waals surface area contributed by atoms with E-state index >= 15 is 4.39 Å². The summed E-state index contributed by atoms with van der Waals surface area (Å²) < 4.78 is 62.3. The van der Waals surface area contributed by atoms with Gasteiger partial charge < -0.3 is 10.1 Å². The number of anilines is 1. The minimum atomic E-state index is -4.75. The predicted octanol–water partition coefficient (Wildman–Crippen LogP) is 4.10. The molecule has 8 nitrogen and oxygen atoms in total. The monoisotopic (exact) mass is 493 g/mol. The van der Waals surface area contributed by atoms with Crippen molar-refractivity contribution in [1.29, 1.82) is 0 Å². The third-order valence-electron chi connectivity index (χ3n) is 5.85. The molecule has 186 valence electrons. The number of halogens is 4. The van der Waals surface area contributed by atoms with Gasteiger partial charge >= 0.3 is 11.9 Å². The van der Waals surface area contributed by atoms with Gasteiger partial charge in [-0.15, -0.1) is 5.10 Å². The average molecular weight is 493 g/mol. The number of pyridine rings is 1. The van der Waals surface area contributed by atoms with Crippen molar-refractivity contribution in [2.75, 3.05) is 5.32 Å². The van der Waals surface area contributed by atoms with Gasteiger partial charge in [0.15, 0.2) is 6.10 Å². The molecule has 3 heterocycles. The maximum Gasteiger partial charge on any atom is 0.425 e. The summed E-state index contributed by atoms with van der Waals surface area (Å²) in [4.78, 5) is 29.9. The van der Waals surface area contributed by atoms with Crippen LogP contribution in [0.4, 0.5) is 23.2 Å². The van der Waals surface area contributed by atoms with Crippen molar-refractivity contribution in [2.45, 2.75) is 58.9 Å². The van der Waals surface area contributed by atoms with Crippen LogP contribution in [0.15, 0.2) is 29.2 Å². The van der Waals surface area contributed by atoms with Crippen molar-refractivity contribution in [2.24, 2.45) is 0 Å². The maximum atomic E-state index is 15.2. The minimum Gasteiger partial charge on any atom is -0.480 e. The number of amides is 1. The number of hydrogen-bond donors (Lipinski definition) is 1. The SMILES string of the molecule is Cc1ccnc(C)c1NC(=O)c1cc(F)c(-n2nc3n(c2=O)CCCC3)cc1O[C@@H](C)C(F)(F)F. The van der Waals surface area contributed by atoms with Crippen LogP contribution in [0.2, 0.25) is 0 Å². The fraction of sp³-hybridized carbons (Fsp3) is 0.391. The van der Waals surface area contributed by atoms with Gasteiger partial charge in [-0.25, -0.2) is 9.18 Å². The first-order valence-corrected chi connectivity index (χ1v) is 11.0. The van der Waals surface area contributed by atoms with Crippen LogP contribution in [0.5, 0.6) is 5.75 Å². The number of carbonyl (C=O) groups is 1. The minimum absolute atomic E-state index is 0.342. The van der Waals surface area contributed by atoms with Crippen LogP contribution in [-0.2, 0) is 13.0 Å². The van der Waals surface area contributed by atoms with Gasteiger partial charge in [0.25, 0.3) is 5.91 Å². The lowest BCUT2D eigenvalue weighted by molar-refractivity contribution is -0.189. The molecule has 1 aliphatic heterocycles. The van der Waals surface area contributed by atoms with E-state index in [0.29, 0.717) is 35.7 Å². The average Bonchev–Trinajstić information content (AvgIpc) is 3.13. The molecule has 1 N–H and O–H groups in total. The number of alkyl halides is 3. The number of aromatic nitrogens is 4. The van der Waals surface area contributed by atoms with E-state index < -0.39 is 46.7 Å². The molecule has 0 aliphatic carbocycles. The summed E-state index contributed by atoms with van der Waals surface area (Å²) in [6.07, 6.45) is -3.43. The van der Waals surface area contributed by atoms with Gasteiger partial charge in [-0.05, 0) is 51.3 Å². The Labute approximate surface area is 197 Å². The van der Waals surface area contributed by atoms with Crippen LogP contribution in [-0.4, -0.2) is 37.5 Å². The molecule has 1 atom stereocenters. The molecule has 0 fully saturated rings. The third-order valence-corrected chi connectivity index (χ3v) is 5.85. The summed E-state index contributed by atoms with van der Waals surface area (Å²) >= 11 is 0. The summed E-state index contributed by atoms with van der Waals surface area (Å²) in [5, 5.41) is 6.72. The van der Waals surface area contributed by atoms with Gasteiger partial charge in [-0.3, -0.25) is 14.3 Å². The Bertz CT molecular complexity index is 1330. The first-order valence-electron chi connectivity index (χ1n) is 11.0. The summed E-state index contributed by atoms with van der Waals surface area (Å²) in [6, 6.07) is 3.28. The molecular formula is C23H23F4N5O3. The normalized spacial score (nSPS) is 14.4. The zero-order valence-corrected chi connectivity index (χ0v) is 19.2. The molecule has 0 spiro atoms. The second kappa shape index (κ2) is 9.16. The topological polar surface area (TPSA) is 91.0 Å². The Morgan fingerprint density at radius 2 is 1.97 bits per heavy atom. The van der Waals surface area contributed by atoms with Crippen molar-refractivity contribution in [3.05, 3.63) is 63.3 Å². The van der Waals surface area contributed by atoms with E-state index in [1.165, 1.54) is 10.8 Å².